The highest BCUT2D eigenvalue weighted by atomic mass is 14.0. The van der Waals surface area contributed by atoms with E-state index in [9.17, 15) is 0 Å². The molecule has 0 spiro atoms. The molecule has 0 unspecified atom stereocenters. The minimum absolute atomic E-state index is 0.801. The molecule has 1 heteroatoms. The van der Waals surface area contributed by atoms with Crippen molar-refractivity contribution >= 4 is 18.9 Å². The van der Waals surface area contributed by atoms with Crippen LogP contribution >= 0.6 is 0 Å². The summed E-state index contributed by atoms with van der Waals surface area (Å²) in [5.74, 6) is 0. The molecule has 82 valence electrons. The lowest BCUT2D eigenvalue weighted by Gasteiger charge is -2.05. The van der Waals surface area contributed by atoms with E-state index in [2.05, 4.69) is 44.2 Å². The Balaban J connectivity index is 2.32. The Kier molecular flexibility index (Phi) is 3.48. The first-order valence-electron chi connectivity index (χ1n) is 5.80. The average Bonchev–Trinajstić information content (AvgIpc) is 2.39. The summed E-state index contributed by atoms with van der Waals surface area (Å²) < 4.78 is 0. The quantitative estimate of drug-likeness (QED) is 0.676. The second kappa shape index (κ2) is 5.05. The van der Waals surface area contributed by atoms with Gasteiger partial charge in [-0.05, 0) is 36.1 Å². The molecule has 0 saturated heterocycles. The molecule has 0 aliphatic heterocycles. The summed E-state index contributed by atoms with van der Waals surface area (Å²) in [4.78, 5) is 0. The highest BCUT2D eigenvalue weighted by Gasteiger charge is 1.98. The van der Waals surface area contributed by atoms with E-state index in [1.807, 2.05) is 24.3 Å². The van der Waals surface area contributed by atoms with Crippen LogP contribution in [0.2, 0.25) is 0 Å². The standard InChI is InChI=1S/C16H15B/c1-3-12(2)13-4-6-14(7-5-13)15-8-10-16(17)11-9-15/h3-11H,1-2H3/b12-3+. The monoisotopic (exact) mass is 218 g/mol. The normalized spacial score (nSPS) is 11.5. The van der Waals surface area contributed by atoms with Gasteiger partial charge in [0, 0.05) is 0 Å². The molecule has 0 aliphatic carbocycles. The maximum Gasteiger partial charge on any atom is 0.113 e. The molecule has 0 fully saturated rings. The third-order valence-corrected chi connectivity index (χ3v) is 3.02. The zero-order valence-corrected chi connectivity index (χ0v) is 10.3. The molecule has 0 aromatic heterocycles. The van der Waals surface area contributed by atoms with Crippen LogP contribution in [0.5, 0.6) is 0 Å². The van der Waals surface area contributed by atoms with E-state index in [1.54, 1.807) is 0 Å². The van der Waals surface area contributed by atoms with E-state index < -0.39 is 0 Å². The number of benzene rings is 2. The average molecular weight is 218 g/mol. The molecule has 2 rings (SSSR count). The minimum atomic E-state index is 0.801. The molecule has 2 aromatic rings. The van der Waals surface area contributed by atoms with Crippen LogP contribution in [0.25, 0.3) is 16.7 Å². The molecule has 2 aromatic carbocycles. The Hall–Kier alpha value is -1.76. The van der Waals surface area contributed by atoms with Gasteiger partial charge >= 0.3 is 0 Å². The zero-order chi connectivity index (χ0) is 12.3. The molecule has 0 N–H and O–H groups in total. The van der Waals surface area contributed by atoms with E-state index >= 15 is 0 Å². The largest absolute Gasteiger partial charge is 0.113 e. The van der Waals surface area contributed by atoms with Crippen LogP contribution < -0.4 is 5.46 Å². The van der Waals surface area contributed by atoms with E-state index in [0.29, 0.717) is 0 Å². The Labute approximate surface area is 104 Å². The molecule has 0 amide bonds. The molecule has 2 radical (unpaired) electrons. The molecule has 0 heterocycles. The van der Waals surface area contributed by atoms with Crippen LogP contribution in [0.4, 0.5) is 0 Å². The van der Waals surface area contributed by atoms with Gasteiger partial charge in [-0.3, -0.25) is 0 Å². The van der Waals surface area contributed by atoms with Crippen molar-refractivity contribution in [3.63, 3.8) is 0 Å². The van der Waals surface area contributed by atoms with Gasteiger partial charge < -0.3 is 0 Å². The Morgan fingerprint density at radius 2 is 1.35 bits per heavy atom. The lowest BCUT2D eigenvalue weighted by Crippen LogP contribution is -1.99. The van der Waals surface area contributed by atoms with Crippen molar-refractivity contribution in [3.05, 3.63) is 60.2 Å². The van der Waals surface area contributed by atoms with E-state index in [1.165, 1.54) is 22.3 Å². The topological polar surface area (TPSA) is 0 Å². The van der Waals surface area contributed by atoms with Gasteiger partial charge in [-0.2, -0.15) is 0 Å². The predicted molar refractivity (Wildman–Crippen MR) is 76.6 cm³/mol. The van der Waals surface area contributed by atoms with Gasteiger partial charge in [-0.1, -0.05) is 60.1 Å². The minimum Gasteiger partial charge on any atom is -0.0966 e. The van der Waals surface area contributed by atoms with Crippen LogP contribution in [0.3, 0.4) is 0 Å². The van der Waals surface area contributed by atoms with Crippen LogP contribution in [0, 0.1) is 0 Å². The van der Waals surface area contributed by atoms with Gasteiger partial charge in [0.15, 0.2) is 0 Å². The number of hydrogen-bond donors (Lipinski definition) is 0. The summed E-state index contributed by atoms with van der Waals surface area (Å²) in [6.07, 6.45) is 2.12. The van der Waals surface area contributed by atoms with Gasteiger partial charge in [0.1, 0.15) is 7.85 Å². The van der Waals surface area contributed by atoms with Crippen molar-refractivity contribution in [1.82, 2.24) is 0 Å². The van der Waals surface area contributed by atoms with E-state index in [0.717, 1.165) is 5.46 Å². The smallest absolute Gasteiger partial charge is 0.0966 e. The highest BCUT2D eigenvalue weighted by Crippen LogP contribution is 2.21. The first kappa shape index (κ1) is 11.7. The van der Waals surface area contributed by atoms with Crippen molar-refractivity contribution in [1.29, 1.82) is 0 Å². The Morgan fingerprint density at radius 3 is 1.82 bits per heavy atom. The molecular formula is C16H15B. The number of allylic oxidation sites excluding steroid dienone is 2. The van der Waals surface area contributed by atoms with E-state index in [-0.39, 0.29) is 0 Å². The van der Waals surface area contributed by atoms with Crippen LogP contribution in [-0.2, 0) is 0 Å². The van der Waals surface area contributed by atoms with Crippen molar-refractivity contribution < 1.29 is 0 Å². The summed E-state index contributed by atoms with van der Waals surface area (Å²) in [7, 11) is 5.68. The fourth-order valence-corrected chi connectivity index (χ4v) is 1.77. The van der Waals surface area contributed by atoms with Crippen molar-refractivity contribution in [2.24, 2.45) is 0 Å². The molecule has 0 nitrogen and oxygen atoms in total. The van der Waals surface area contributed by atoms with E-state index in [4.69, 9.17) is 7.85 Å². The number of hydrogen-bond acceptors (Lipinski definition) is 0. The highest BCUT2D eigenvalue weighted by molar-refractivity contribution is 6.32. The summed E-state index contributed by atoms with van der Waals surface area (Å²) in [6, 6.07) is 16.6. The fourth-order valence-electron chi connectivity index (χ4n) is 1.77. The molecule has 17 heavy (non-hydrogen) atoms. The lowest BCUT2D eigenvalue weighted by molar-refractivity contribution is 1.53. The van der Waals surface area contributed by atoms with Crippen molar-refractivity contribution in [2.45, 2.75) is 13.8 Å². The molecule has 0 saturated carbocycles. The maximum atomic E-state index is 5.68. The molecule has 0 aliphatic rings. The summed E-state index contributed by atoms with van der Waals surface area (Å²) in [5.41, 5.74) is 5.79. The van der Waals surface area contributed by atoms with Crippen LogP contribution in [-0.4, -0.2) is 7.85 Å². The zero-order valence-electron chi connectivity index (χ0n) is 10.3. The summed E-state index contributed by atoms with van der Waals surface area (Å²) >= 11 is 0. The van der Waals surface area contributed by atoms with Gasteiger partial charge in [-0.15, -0.1) is 0 Å². The Bertz CT molecular complexity index is 518. The van der Waals surface area contributed by atoms with Crippen LogP contribution in [0.15, 0.2) is 54.6 Å². The molecular weight excluding hydrogens is 203 g/mol. The van der Waals surface area contributed by atoms with Gasteiger partial charge in [0.05, 0.1) is 0 Å². The van der Waals surface area contributed by atoms with Crippen LogP contribution in [0.1, 0.15) is 19.4 Å². The third-order valence-electron chi connectivity index (χ3n) is 3.02. The third kappa shape index (κ3) is 2.68. The first-order chi connectivity index (χ1) is 8.20. The Morgan fingerprint density at radius 1 is 0.882 bits per heavy atom. The van der Waals surface area contributed by atoms with Crippen molar-refractivity contribution in [3.8, 4) is 11.1 Å². The van der Waals surface area contributed by atoms with Gasteiger partial charge in [0.25, 0.3) is 0 Å². The predicted octanol–water partition coefficient (Wildman–Crippen LogP) is 3.57. The van der Waals surface area contributed by atoms with Gasteiger partial charge in [0.2, 0.25) is 0 Å². The fraction of sp³-hybridized carbons (Fsp3) is 0.125. The van der Waals surface area contributed by atoms with Gasteiger partial charge in [-0.25, -0.2) is 0 Å². The second-order valence-electron chi connectivity index (χ2n) is 4.17. The van der Waals surface area contributed by atoms with Crippen molar-refractivity contribution in [2.75, 3.05) is 0 Å². The second-order valence-corrected chi connectivity index (χ2v) is 4.17. The number of rotatable bonds is 2. The maximum absolute atomic E-state index is 5.68. The molecule has 0 bridgehead atoms. The summed E-state index contributed by atoms with van der Waals surface area (Å²) in [5, 5.41) is 0. The molecule has 0 atom stereocenters. The SMILES string of the molecule is [B]c1ccc(-c2ccc(/C(C)=C/C)cc2)cc1. The lowest BCUT2D eigenvalue weighted by atomic mass is 9.93. The summed E-state index contributed by atoms with van der Waals surface area (Å²) in [6.45, 7) is 4.18. The first-order valence-corrected chi connectivity index (χ1v) is 5.80.